The van der Waals surface area contributed by atoms with Crippen LogP contribution in [0.5, 0.6) is 0 Å². The second-order valence-corrected chi connectivity index (χ2v) is 6.16. The molecule has 2 atom stereocenters. The molecule has 1 amide bonds. The summed E-state index contributed by atoms with van der Waals surface area (Å²) in [7, 11) is 0. The average Bonchev–Trinajstić information content (AvgIpc) is 3.21. The zero-order valence-corrected chi connectivity index (χ0v) is 14.4. The third-order valence-corrected chi connectivity index (χ3v) is 3.88. The molecule has 2 unspecified atom stereocenters. The normalized spacial score (nSPS) is 20.0. The Balaban J connectivity index is 1.94. The fraction of sp³-hybridized carbons (Fsp3) is 0.556. The van der Waals surface area contributed by atoms with Gasteiger partial charge in [0.15, 0.2) is 5.96 Å². The van der Waals surface area contributed by atoms with Crippen LogP contribution in [0.3, 0.4) is 0 Å². The lowest BCUT2D eigenvalue weighted by molar-refractivity contribution is -0.116. The van der Waals surface area contributed by atoms with Gasteiger partial charge in [0.2, 0.25) is 5.91 Å². The van der Waals surface area contributed by atoms with Crippen molar-refractivity contribution in [3.8, 4) is 0 Å². The van der Waals surface area contributed by atoms with Gasteiger partial charge in [0.05, 0.1) is 6.54 Å². The molecule has 0 spiro atoms. The number of carbonyl (C=O) groups is 1. The van der Waals surface area contributed by atoms with Crippen LogP contribution >= 0.6 is 0 Å². The first-order valence-corrected chi connectivity index (χ1v) is 8.56. The molecule has 1 fully saturated rings. The van der Waals surface area contributed by atoms with E-state index in [9.17, 15) is 4.79 Å². The van der Waals surface area contributed by atoms with Crippen LogP contribution in [0, 0.1) is 5.92 Å². The molecule has 0 radical (unpaired) electrons. The van der Waals surface area contributed by atoms with Gasteiger partial charge in [0.25, 0.3) is 0 Å². The zero-order valence-electron chi connectivity index (χ0n) is 14.4. The zero-order chi connectivity index (χ0) is 16.7. The molecule has 2 rings (SSSR count). The molecule has 5 heteroatoms. The van der Waals surface area contributed by atoms with Gasteiger partial charge in [-0.1, -0.05) is 26.0 Å². The monoisotopic (exact) mass is 316 g/mol. The fourth-order valence-corrected chi connectivity index (χ4v) is 2.39. The highest BCUT2D eigenvalue weighted by atomic mass is 16.1. The van der Waals surface area contributed by atoms with E-state index in [1.54, 1.807) is 0 Å². The first kappa shape index (κ1) is 17.3. The quantitative estimate of drug-likeness (QED) is 0.535. The Morgan fingerprint density at radius 3 is 2.78 bits per heavy atom. The third-order valence-electron chi connectivity index (χ3n) is 3.88. The molecule has 1 aromatic carbocycles. The highest BCUT2D eigenvalue weighted by Crippen LogP contribution is 2.28. The minimum Gasteiger partial charge on any atom is -0.357 e. The number of nitrogens with one attached hydrogen (secondary N) is 3. The van der Waals surface area contributed by atoms with Crippen molar-refractivity contribution in [2.24, 2.45) is 10.9 Å². The van der Waals surface area contributed by atoms with Crippen LogP contribution in [0.25, 0.3) is 0 Å². The van der Waals surface area contributed by atoms with Crippen molar-refractivity contribution >= 4 is 17.6 Å². The molecule has 1 aliphatic carbocycles. The van der Waals surface area contributed by atoms with E-state index in [0.29, 0.717) is 19.0 Å². The van der Waals surface area contributed by atoms with Gasteiger partial charge >= 0.3 is 0 Å². The predicted molar refractivity (Wildman–Crippen MR) is 95.5 cm³/mol. The highest BCUT2D eigenvalue weighted by Gasteiger charge is 2.33. The SMILES string of the molecule is CCCC(=O)Nc1cccc(CN=C(NCC)NC2CC2C)c1. The summed E-state index contributed by atoms with van der Waals surface area (Å²) in [6.45, 7) is 7.75. The van der Waals surface area contributed by atoms with Gasteiger partial charge in [-0.25, -0.2) is 4.99 Å². The summed E-state index contributed by atoms with van der Waals surface area (Å²) in [5, 5.41) is 9.65. The molecular formula is C18H28N4O. The molecule has 1 aliphatic rings. The summed E-state index contributed by atoms with van der Waals surface area (Å²) in [5.74, 6) is 1.66. The molecule has 0 aliphatic heterocycles. The maximum absolute atomic E-state index is 11.7. The molecule has 23 heavy (non-hydrogen) atoms. The van der Waals surface area contributed by atoms with E-state index < -0.39 is 0 Å². The number of hydrogen-bond donors (Lipinski definition) is 3. The van der Waals surface area contributed by atoms with Crippen molar-refractivity contribution in [1.29, 1.82) is 0 Å². The largest absolute Gasteiger partial charge is 0.357 e. The summed E-state index contributed by atoms with van der Waals surface area (Å²) in [5.41, 5.74) is 1.92. The number of anilines is 1. The number of carbonyl (C=O) groups excluding carboxylic acids is 1. The second-order valence-electron chi connectivity index (χ2n) is 6.16. The number of nitrogens with zero attached hydrogens (tertiary/aromatic N) is 1. The number of aliphatic imine (C=N–C) groups is 1. The van der Waals surface area contributed by atoms with E-state index >= 15 is 0 Å². The van der Waals surface area contributed by atoms with Gasteiger partial charge in [-0.15, -0.1) is 0 Å². The molecule has 1 aromatic rings. The number of benzene rings is 1. The number of rotatable bonds is 7. The van der Waals surface area contributed by atoms with Crippen molar-refractivity contribution in [2.45, 2.75) is 52.6 Å². The van der Waals surface area contributed by atoms with Crippen LogP contribution in [-0.4, -0.2) is 24.5 Å². The molecule has 0 bridgehead atoms. The number of amides is 1. The molecule has 126 valence electrons. The fourth-order valence-electron chi connectivity index (χ4n) is 2.39. The van der Waals surface area contributed by atoms with Crippen molar-refractivity contribution in [2.75, 3.05) is 11.9 Å². The van der Waals surface area contributed by atoms with E-state index in [4.69, 9.17) is 0 Å². The summed E-state index contributed by atoms with van der Waals surface area (Å²) < 4.78 is 0. The summed E-state index contributed by atoms with van der Waals surface area (Å²) in [4.78, 5) is 16.3. The molecular weight excluding hydrogens is 288 g/mol. The van der Waals surface area contributed by atoms with Gasteiger partial charge in [-0.3, -0.25) is 4.79 Å². The Bertz CT molecular complexity index is 556. The first-order chi connectivity index (χ1) is 11.1. The Hall–Kier alpha value is -2.04. The van der Waals surface area contributed by atoms with Crippen molar-refractivity contribution < 1.29 is 4.79 Å². The van der Waals surface area contributed by atoms with Gasteiger partial charge in [0, 0.05) is 24.7 Å². The third kappa shape index (κ3) is 5.93. The lowest BCUT2D eigenvalue weighted by Gasteiger charge is -2.11. The smallest absolute Gasteiger partial charge is 0.224 e. The average molecular weight is 316 g/mol. The van der Waals surface area contributed by atoms with E-state index in [-0.39, 0.29) is 5.91 Å². The Morgan fingerprint density at radius 2 is 2.13 bits per heavy atom. The van der Waals surface area contributed by atoms with Crippen molar-refractivity contribution in [1.82, 2.24) is 10.6 Å². The first-order valence-electron chi connectivity index (χ1n) is 8.56. The van der Waals surface area contributed by atoms with Gasteiger partial charge in [-0.2, -0.15) is 0 Å². The van der Waals surface area contributed by atoms with Crippen LogP contribution in [-0.2, 0) is 11.3 Å². The Morgan fingerprint density at radius 1 is 1.35 bits per heavy atom. The molecule has 0 heterocycles. The highest BCUT2D eigenvalue weighted by molar-refractivity contribution is 5.90. The maximum atomic E-state index is 11.7. The van der Waals surface area contributed by atoms with Crippen LogP contribution in [0.1, 0.15) is 45.6 Å². The lowest BCUT2D eigenvalue weighted by atomic mass is 10.2. The second kappa shape index (κ2) is 8.56. The lowest BCUT2D eigenvalue weighted by Crippen LogP contribution is -2.39. The van der Waals surface area contributed by atoms with E-state index in [0.717, 1.165) is 36.1 Å². The standard InChI is InChI=1S/C18H28N4O/c1-4-7-17(23)21-15-9-6-8-14(11-15)12-20-18(19-5-2)22-16-10-13(16)3/h6,8-9,11,13,16H,4-5,7,10,12H2,1-3H3,(H,21,23)(H2,19,20,22). The van der Waals surface area contributed by atoms with Crippen LogP contribution in [0.15, 0.2) is 29.3 Å². The summed E-state index contributed by atoms with van der Waals surface area (Å²) >= 11 is 0. The topological polar surface area (TPSA) is 65.5 Å². The van der Waals surface area contributed by atoms with Crippen LogP contribution in [0.4, 0.5) is 5.69 Å². The van der Waals surface area contributed by atoms with E-state index in [1.165, 1.54) is 6.42 Å². The van der Waals surface area contributed by atoms with E-state index in [1.807, 2.05) is 31.2 Å². The molecule has 5 nitrogen and oxygen atoms in total. The van der Waals surface area contributed by atoms with E-state index in [2.05, 4.69) is 34.8 Å². The summed E-state index contributed by atoms with van der Waals surface area (Å²) in [6, 6.07) is 8.43. The molecule has 1 saturated carbocycles. The molecule has 3 N–H and O–H groups in total. The van der Waals surface area contributed by atoms with Crippen LogP contribution < -0.4 is 16.0 Å². The minimum atomic E-state index is 0.0610. The Labute approximate surface area is 139 Å². The predicted octanol–water partition coefficient (Wildman–Crippen LogP) is 2.89. The number of guanidine groups is 1. The van der Waals surface area contributed by atoms with Gasteiger partial charge < -0.3 is 16.0 Å². The minimum absolute atomic E-state index is 0.0610. The number of hydrogen-bond acceptors (Lipinski definition) is 2. The van der Waals surface area contributed by atoms with Crippen molar-refractivity contribution in [3.63, 3.8) is 0 Å². The summed E-state index contributed by atoms with van der Waals surface area (Å²) in [6.07, 6.45) is 2.62. The van der Waals surface area contributed by atoms with Crippen molar-refractivity contribution in [3.05, 3.63) is 29.8 Å². The van der Waals surface area contributed by atoms with Gasteiger partial charge in [0.1, 0.15) is 0 Å². The molecule has 0 aromatic heterocycles. The Kier molecular flexibility index (Phi) is 6.44. The van der Waals surface area contributed by atoms with Crippen LogP contribution in [0.2, 0.25) is 0 Å². The van der Waals surface area contributed by atoms with Gasteiger partial charge in [-0.05, 0) is 43.4 Å². The molecule has 0 saturated heterocycles. The maximum Gasteiger partial charge on any atom is 0.224 e.